The molecule has 2 aromatic heterocycles. The van der Waals surface area contributed by atoms with Gasteiger partial charge in [-0.25, -0.2) is 0 Å². The van der Waals surface area contributed by atoms with E-state index in [0.29, 0.717) is 10.7 Å². The van der Waals surface area contributed by atoms with Gasteiger partial charge in [-0.3, -0.25) is 4.68 Å². The second-order valence-electron chi connectivity index (χ2n) is 3.69. The zero-order valence-electron chi connectivity index (χ0n) is 9.23. The number of rotatable bonds is 4. The van der Waals surface area contributed by atoms with Crippen molar-refractivity contribution in [3.05, 3.63) is 36.8 Å². The van der Waals surface area contributed by atoms with Crippen LogP contribution in [0.5, 0.6) is 0 Å². The first kappa shape index (κ1) is 13.3. The number of aliphatic hydroxyl groups excluding tert-OH is 1. The Morgan fingerprint density at radius 2 is 2.41 bits per heavy atom. The molecule has 3 nitrogen and oxygen atoms in total. The highest BCUT2D eigenvalue weighted by molar-refractivity contribution is 14.1. The van der Waals surface area contributed by atoms with Gasteiger partial charge in [-0.1, -0.05) is 18.5 Å². The molecule has 2 aromatic rings. The third-order valence-corrected chi connectivity index (χ3v) is 4.53. The van der Waals surface area contributed by atoms with Crippen LogP contribution in [0.2, 0.25) is 5.02 Å². The van der Waals surface area contributed by atoms with Gasteiger partial charge >= 0.3 is 0 Å². The Kier molecular flexibility index (Phi) is 4.46. The molecule has 0 amide bonds. The quantitative estimate of drug-likeness (QED) is 0.819. The molecule has 0 saturated carbocycles. The molecule has 0 spiro atoms. The fourth-order valence-electron chi connectivity index (χ4n) is 1.66. The van der Waals surface area contributed by atoms with Crippen molar-refractivity contribution in [1.82, 2.24) is 9.78 Å². The number of thiophene rings is 1. The topological polar surface area (TPSA) is 38.0 Å². The molecule has 1 N–H and O–H groups in total. The molecule has 17 heavy (non-hydrogen) atoms. The van der Waals surface area contributed by atoms with Crippen LogP contribution in [0.25, 0.3) is 0 Å². The highest BCUT2D eigenvalue weighted by Crippen LogP contribution is 2.31. The summed E-state index contributed by atoms with van der Waals surface area (Å²) in [6.07, 6.45) is 1.85. The zero-order chi connectivity index (χ0) is 12.4. The summed E-state index contributed by atoms with van der Waals surface area (Å²) in [4.78, 5) is 0. The summed E-state index contributed by atoms with van der Waals surface area (Å²) < 4.78 is 2.92. The van der Waals surface area contributed by atoms with E-state index < -0.39 is 6.10 Å². The second-order valence-corrected chi connectivity index (χ2v) is 6.90. The Labute approximate surface area is 123 Å². The molecule has 1 unspecified atom stereocenters. The van der Waals surface area contributed by atoms with E-state index in [0.717, 1.165) is 21.4 Å². The molecule has 0 aromatic carbocycles. The molecule has 1 atom stereocenters. The lowest BCUT2D eigenvalue weighted by Crippen LogP contribution is -2.10. The molecular weight excluding hydrogens is 371 g/mol. The maximum absolute atomic E-state index is 10.3. The van der Waals surface area contributed by atoms with Crippen molar-refractivity contribution in [2.24, 2.45) is 0 Å². The number of halogens is 2. The van der Waals surface area contributed by atoms with Crippen LogP contribution in [-0.4, -0.2) is 14.9 Å². The highest BCUT2D eigenvalue weighted by Gasteiger charge is 2.20. The predicted molar refractivity (Wildman–Crippen MR) is 78.6 cm³/mol. The Balaban J connectivity index is 2.35. The number of aliphatic hydroxyl groups is 1. The molecule has 0 bridgehead atoms. The summed E-state index contributed by atoms with van der Waals surface area (Å²) in [5.74, 6) is 0. The zero-order valence-corrected chi connectivity index (χ0v) is 13.0. The number of hydrogen-bond donors (Lipinski definition) is 1. The van der Waals surface area contributed by atoms with E-state index in [9.17, 15) is 5.11 Å². The summed E-state index contributed by atoms with van der Waals surface area (Å²) in [7, 11) is 0. The fraction of sp³-hybridized carbons (Fsp3) is 0.364. The minimum absolute atomic E-state index is 0.521. The van der Waals surface area contributed by atoms with Crippen LogP contribution in [0, 0.1) is 2.88 Å². The minimum atomic E-state index is -0.698. The average Bonchev–Trinajstić information content (AvgIpc) is 2.86. The lowest BCUT2D eigenvalue weighted by Gasteiger charge is -2.12. The number of hydrogen-bond acceptors (Lipinski definition) is 3. The fourth-order valence-corrected chi connectivity index (χ4v) is 3.29. The Morgan fingerprint density at radius 3 is 3.00 bits per heavy atom. The standard InChI is InChI=1S/C11H12ClIN2OS/c1-2-3-15-10(8(12)5-14-15)11(16)7-4-9(13)17-6-7/h4-6,11,16H,2-3H2,1H3. The first-order chi connectivity index (χ1) is 8.13. The monoisotopic (exact) mass is 382 g/mol. The van der Waals surface area contributed by atoms with Gasteiger partial charge in [0.15, 0.2) is 0 Å². The molecule has 0 aliphatic carbocycles. The van der Waals surface area contributed by atoms with E-state index in [-0.39, 0.29) is 0 Å². The Hall–Kier alpha value is -0.110. The molecule has 0 fully saturated rings. The largest absolute Gasteiger partial charge is 0.382 e. The molecular formula is C11H12ClIN2OS. The maximum Gasteiger partial charge on any atom is 0.123 e. The summed E-state index contributed by atoms with van der Waals surface area (Å²) >= 11 is 9.94. The van der Waals surface area contributed by atoms with Gasteiger partial charge in [0.2, 0.25) is 0 Å². The van der Waals surface area contributed by atoms with E-state index in [1.54, 1.807) is 22.2 Å². The first-order valence-electron chi connectivity index (χ1n) is 5.26. The van der Waals surface area contributed by atoms with Crippen molar-refractivity contribution < 1.29 is 5.11 Å². The van der Waals surface area contributed by atoms with Gasteiger partial charge in [-0.2, -0.15) is 5.10 Å². The number of aromatic nitrogens is 2. The van der Waals surface area contributed by atoms with Crippen LogP contribution in [0.4, 0.5) is 0 Å². The molecule has 6 heteroatoms. The van der Waals surface area contributed by atoms with E-state index >= 15 is 0 Å². The van der Waals surface area contributed by atoms with E-state index in [1.165, 1.54) is 0 Å². The predicted octanol–water partition coefficient (Wildman–Crippen LogP) is 3.69. The van der Waals surface area contributed by atoms with E-state index in [2.05, 4.69) is 34.6 Å². The molecule has 0 aliphatic heterocycles. The van der Waals surface area contributed by atoms with Crippen molar-refractivity contribution in [1.29, 1.82) is 0 Å². The third-order valence-electron chi connectivity index (χ3n) is 2.43. The van der Waals surface area contributed by atoms with Gasteiger partial charge < -0.3 is 5.11 Å². The molecule has 2 rings (SSSR count). The maximum atomic E-state index is 10.3. The average molecular weight is 383 g/mol. The molecule has 0 radical (unpaired) electrons. The summed E-state index contributed by atoms with van der Waals surface area (Å²) in [5, 5.41) is 17.0. The molecule has 0 aliphatic rings. The summed E-state index contributed by atoms with van der Waals surface area (Å²) in [5.41, 5.74) is 1.56. The normalized spacial score (nSPS) is 12.9. The first-order valence-corrected chi connectivity index (χ1v) is 7.60. The molecule has 92 valence electrons. The van der Waals surface area contributed by atoms with Crippen LogP contribution in [0.3, 0.4) is 0 Å². The Morgan fingerprint density at radius 1 is 1.65 bits per heavy atom. The van der Waals surface area contributed by atoms with E-state index in [4.69, 9.17) is 11.6 Å². The van der Waals surface area contributed by atoms with Gasteiger partial charge in [-0.05, 0) is 46.0 Å². The smallest absolute Gasteiger partial charge is 0.123 e. The van der Waals surface area contributed by atoms with Crippen LogP contribution in [0.15, 0.2) is 17.6 Å². The van der Waals surface area contributed by atoms with Gasteiger partial charge in [0.1, 0.15) is 6.10 Å². The minimum Gasteiger partial charge on any atom is -0.382 e. The van der Waals surface area contributed by atoms with Gasteiger partial charge in [-0.15, -0.1) is 11.3 Å². The SMILES string of the molecule is CCCn1ncc(Cl)c1C(O)c1csc(I)c1. The second kappa shape index (κ2) is 5.69. The highest BCUT2D eigenvalue weighted by atomic mass is 127. The van der Waals surface area contributed by atoms with Crippen LogP contribution in [-0.2, 0) is 6.54 Å². The van der Waals surface area contributed by atoms with Crippen LogP contribution >= 0.6 is 45.5 Å². The lowest BCUT2D eigenvalue weighted by atomic mass is 10.1. The Bertz CT molecular complexity index is 511. The summed E-state index contributed by atoms with van der Waals surface area (Å²) in [6, 6.07) is 1.97. The third kappa shape index (κ3) is 2.83. The van der Waals surface area contributed by atoms with Gasteiger partial charge in [0, 0.05) is 6.54 Å². The number of aryl methyl sites for hydroxylation is 1. The van der Waals surface area contributed by atoms with Crippen LogP contribution < -0.4 is 0 Å². The van der Waals surface area contributed by atoms with Gasteiger partial charge in [0.05, 0.1) is 19.8 Å². The van der Waals surface area contributed by atoms with Crippen molar-refractivity contribution in [2.75, 3.05) is 0 Å². The molecule has 0 saturated heterocycles. The van der Waals surface area contributed by atoms with Crippen LogP contribution in [0.1, 0.15) is 30.7 Å². The van der Waals surface area contributed by atoms with Crippen molar-refractivity contribution in [3.63, 3.8) is 0 Å². The lowest BCUT2D eigenvalue weighted by molar-refractivity contribution is 0.208. The van der Waals surface area contributed by atoms with Crippen molar-refractivity contribution in [3.8, 4) is 0 Å². The molecule has 2 heterocycles. The van der Waals surface area contributed by atoms with E-state index in [1.807, 2.05) is 11.4 Å². The van der Waals surface area contributed by atoms with Crippen molar-refractivity contribution >= 4 is 45.5 Å². The number of nitrogens with zero attached hydrogens (tertiary/aromatic N) is 2. The van der Waals surface area contributed by atoms with Crippen molar-refractivity contribution in [2.45, 2.75) is 26.0 Å². The summed E-state index contributed by atoms with van der Waals surface area (Å²) in [6.45, 7) is 2.83. The van der Waals surface area contributed by atoms with Gasteiger partial charge in [0.25, 0.3) is 0 Å².